The van der Waals surface area contributed by atoms with E-state index in [0.717, 1.165) is 22.6 Å². The molecule has 1 saturated heterocycles. The molecule has 1 amide bonds. The smallest absolute Gasteiger partial charge is 0.227 e. The van der Waals surface area contributed by atoms with E-state index in [1.807, 2.05) is 30.3 Å². The SMILES string of the molecule is CC(C)(C)c1ccc(OCCn2c(C3CC(=O)N(c4ccc(F)cc4)C3)nc3ccccc32)cc1. The topological polar surface area (TPSA) is 47.4 Å². The predicted octanol–water partition coefficient (Wildman–Crippen LogP) is 6.07. The zero-order valence-electron chi connectivity index (χ0n) is 20.4. The predicted molar refractivity (Wildman–Crippen MR) is 136 cm³/mol. The van der Waals surface area contributed by atoms with E-state index in [0.29, 0.717) is 31.8 Å². The second-order valence-corrected chi connectivity index (χ2v) is 10.1. The van der Waals surface area contributed by atoms with Crippen LogP contribution in [0.5, 0.6) is 5.75 Å². The minimum atomic E-state index is -0.313. The molecule has 0 bridgehead atoms. The summed E-state index contributed by atoms with van der Waals surface area (Å²) in [6.45, 7) is 8.21. The van der Waals surface area contributed by atoms with Crippen LogP contribution < -0.4 is 9.64 Å². The zero-order chi connectivity index (χ0) is 24.6. The van der Waals surface area contributed by atoms with E-state index in [1.54, 1.807) is 17.0 Å². The first-order valence-corrected chi connectivity index (χ1v) is 12.0. The minimum Gasteiger partial charge on any atom is -0.492 e. The number of hydrogen-bond donors (Lipinski definition) is 0. The van der Waals surface area contributed by atoms with Gasteiger partial charge in [0.2, 0.25) is 5.91 Å². The number of amides is 1. The van der Waals surface area contributed by atoms with Gasteiger partial charge in [0.05, 0.1) is 17.6 Å². The van der Waals surface area contributed by atoms with Crippen molar-refractivity contribution in [1.82, 2.24) is 9.55 Å². The summed E-state index contributed by atoms with van der Waals surface area (Å²) in [5, 5.41) is 0. The number of carbonyl (C=O) groups excluding carboxylic acids is 1. The Morgan fingerprint density at radius 3 is 2.43 bits per heavy atom. The highest BCUT2D eigenvalue weighted by Crippen LogP contribution is 2.33. The maximum atomic E-state index is 13.4. The first-order valence-electron chi connectivity index (χ1n) is 12.0. The molecule has 0 aliphatic carbocycles. The fourth-order valence-electron chi connectivity index (χ4n) is 4.70. The number of ether oxygens (including phenoxy) is 1. The Balaban J connectivity index is 1.35. The van der Waals surface area contributed by atoms with Gasteiger partial charge in [-0.3, -0.25) is 4.79 Å². The Hall–Kier alpha value is -3.67. The van der Waals surface area contributed by atoms with Gasteiger partial charge in [-0.2, -0.15) is 0 Å². The molecule has 5 rings (SSSR count). The quantitative estimate of drug-likeness (QED) is 0.343. The molecular formula is C29H30FN3O2. The van der Waals surface area contributed by atoms with Gasteiger partial charge in [0.25, 0.3) is 0 Å². The summed E-state index contributed by atoms with van der Waals surface area (Å²) in [4.78, 5) is 19.5. The molecule has 1 fully saturated rings. The van der Waals surface area contributed by atoms with Crippen LogP contribution in [0.15, 0.2) is 72.8 Å². The summed E-state index contributed by atoms with van der Waals surface area (Å²) >= 11 is 0. The molecule has 0 N–H and O–H groups in total. The average molecular weight is 472 g/mol. The number of nitrogens with zero attached hydrogens (tertiary/aromatic N) is 3. The zero-order valence-corrected chi connectivity index (χ0v) is 20.4. The van der Waals surface area contributed by atoms with E-state index in [9.17, 15) is 9.18 Å². The maximum Gasteiger partial charge on any atom is 0.227 e. The summed E-state index contributed by atoms with van der Waals surface area (Å²) in [6, 6.07) is 22.4. The van der Waals surface area contributed by atoms with Crippen LogP contribution in [0.2, 0.25) is 0 Å². The number of para-hydroxylation sites is 2. The van der Waals surface area contributed by atoms with Crippen molar-refractivity contribution < 1.29 is 13.9 Å². The van der Waals surface area contributed by atoms with E-state index in [2.05, 4.69) is 43.5 Å². The molecule has 1 aromatic heterocycles. The number of anilines is 1. The van der Waals surface area contributed by atoms with Crippen molar-refractivity contribution in [2.45, 2.75) is 45.1 Å². The number of carbonyl (C=O) groups is 1. The Bertz CT molecular complexity index is 1340. The average Bonchev–Trinajstić information content (AvgIpc) is 3.40. The number of imidazole rings is 1. The minimum absolute atomic E-state index is 0.0235. The Morgan fingerprint density at radius 1 is 1.00 bits per heavy atom. The third kappa shape index (κ3) is 4.78. The maximum absolute atomic E-state index is 13.4. The molecular weight excluding hydrogens is 441 g/mol. The first-order chi connectivity index (χ1) is 16.8. The van der Waals surface area contributed by atoms with E-state index < -0.39 is 0 Å². The number of benzene rings is 3. The fourth-order valence-corrected chi connectivity index (χ4v) is 4.70. The van der Waals surface area contributed by atoms with Crippen molar-refractivity contribution in [3.8, 4) is 5.75 Å². The Labute approximate surface area is 205 Å². The molecule has 2 heterocycles. The van der Waals surface area contributed by atoms with Gasteiger partial charge in [-0.1, -0.05) is 45.0 Å². The number of rotatable bonds is 6. The van der Waals surface area contributed by atoms with Gasteiger partial charge in [0.1, 0.15) is 24.0 Å². The number of halogens is 1. The van der Waals surface area contributed by atoms with Crippen molar-refractivity contribution in [1.29, 1.82) is 0 Å². The largest absolute Gasteiger partial charge is 0.492 e. The lowest BCUT2D eigenvalue weighted by molar-refractivity contribution is -0.117. The molecule has 0 radical (unpaired) electrons. The van der Waals surface area contributed by atoms with Crippen LogP contribution in [-0.2, 0) is 16.8 Å². The summed E-state index contributed by atoms with van der Waals surface area (Å²) < 4.78 is 21.6. The van der Waals surface area contributed by atoms with Crippen LogP contribution >= 0.6 is 0 Å². The van der Waals surface area contributed by atoms with Crippen LogP contribution in [0.1, 0.15) is 44.5 Å². The third-order valence-corrected chi connectivity index (χ3v) is 6.62. The van der Waals surface area contributed by atoms with Crippen LogP contribution in [0.4, 0.5) is 10.1 Å². The van der Waals surface area contributed by atoms with Gasteiger partial charge in [-0.25, -0.2) is 9.37 Å². The van der Waals surface area contributed by atoms with Crippen molar-refractivity contribution in [3.63, 3.8) is 0 Å². The molecule has 1 unspecified atom stereocenters. The van der Waals surface area contributed by atoms with Crippen LogP contribution in [0, 0.1) is 5.82 Å². The van der Waals surface area contributed by atoms with E-state index in [-0.39, 0.29) is 23.1 Å². The molecule has 6 heteroatoms. The molecule has 1 aliphatic heterocycles. The van der Waals surface area contributed by atoms with Crippen LogP contribution in [0.3, 0.4) is 0 Å². The van der Waals surface area contributed by atoms with Crippen molar-refractivity contribution in [3.05, 3.63) is 90.0 Å². The first kappa shape index (κ1) is 23.1. The summed E-state index contributed by atoms with van der Waals surface area (Å²) in [5.41, 5.74) is 4.02. The van der Waals surface area contributed by atoms with Crippen molar-refractivity contribution >= 4 is 22.6 Å². The lowest BCUT2D eigenvalue weighted by atomic mass is 9.87. The van der Waals surface area contributed by atoms with E-state index in [4.69, 9.17) is 9.72 Å². The van der Waals surface area contributed by atoms with Gasteiger partial charge >= 0.3 is 0 Å². The highest BCUT2D eigenvalue weighted by atomic mass is 19.1. The lowest BCUT2D eigenvalue weighted by Crippen LogP contribution is -2.24. The summed E-state index contributed by atoms with van der Waals surface area (Å²) in [5.74, 6) is 1.38. The number of hydrogen-bond acceptors (Lipinski definition) is 3. The van der Waals surface area contributed by atoms with Gasteiger partial charge in [-0.05, 0) is 59.5 Å². The Morgan fingerprint density at radius 2 is 1.71 bits per heavy atom. The van der Waals surface area contributed by atoms with Gasteiger partial charge in [-0.15, -0.1) is 0 Å². The third-order valence-electron chi connectivity index (χ3n) is 6.62. The molecule has 1 atom stereocenters. The second-order valence-electron chi connectivity index (χ2n) is 10.1. The Kier molecular flexibility index (Phi) is 6.05. The summed E-state index contributed by atoms with van der Waals surface area (Å²) in [7, 11) is 0. The molecule has 3 aromatic carbocycles. The molecule has 0 saturated carbocycles. The molecule has 35 heavy (non-hydrogen) atoms. The lowest BCUT2D eigenvalue weighted by Gasteiger charge is -2.19. The number of aromatic nitrogens is 2. The molecule has 0 spiro atoms. The van der Waals surface area contributed by atoms with E-state index >= 15 is 0 Å². The number of fused-ring (bicyclic) bond motifs is 1. The second kappa shape index (κ2) is 9.17. The normalized spacial score (nSPS) is 16.3. The van der Waals surface area contributed by atoms with Crippen molar-refractivity contribution in [2.24, 2.45) is 0 Å². The molecule has 1 aliphatic rings. The standard InChI is InChI=1S/C29H30FN3O2/c1-29(2,3)21-8-14-24(15-9-21)35-17-16-32-26-7-5-4-6-25(26)31-28(32)20-18-27(34)33(19-20)23-12-10-22(30)11-13-23/h4-15,20H,16-19H2,1-3H3. The van der Waals surface area contributed by atoms with Crippen LogP contribution in [0.25, 0.3) is 11.0 Å². The monoisotopic (exact) mass is 471 g/mol. The van der Waals surface area contributed by atoms with E-state index in [1.165, 1.54) is 17.7 Å². The van der Waals surface area contributed by atoms with Crippen LogP contribution in [-0.4, -0.2) is 28.6 Å². The van der Waals surface area contributed by atoms with Gasteiger partial charge < -0.3 is 14.2 Å². The van der Waals surface area contributed by atoms with Crippen molar-refractivity contribution in [2.75, 3.05) is 18.1 Å². The highest BCUT2D eigenvalue weighted by Gasteiger charge is 2.34. The molecule has 180 valence electrons. The fraction of sp³-hybridized carbons (Fsp3) is 0.310. The van der Waals surface area contributed by atoms with Gasteiger partial charge in [0, 0.05) is 24.6 Å². The summed E-state index contributed by atoms with van der Waals surface area (Å²) in [6.07, 6.45) is 0.371. The van der Waals surface area contributed by atoms with Gasteiger partial charge in [0.15, 0.2) is 0 Å². The molecule has 5 nitrogen and oxygen atoms in total. The highest BCUT2D eigenvalue weighted by molar-refractivity contribution is 5.96. The molecule has 4 aromatic rings.